The van der Waals surface area contributed by atoms with Crippen LogP contribution in [0.4, 0.5) is 0 Å². The van der Waals surface area contributed by atoms with Gasteiger partial charge in [0.05, 0.1) is 14.2 Å². The lowest BCUT2D eigenvalue weighted by atomic mass is 10.0. The number of likely N-dealkylation sites (tertiary alicyclic amines) is 1. The van der Waals surface area contributed by atoms with Gasteiger partial charge in [-0.15, -0.1) is 0 Å². The summed E-state index contributed by atoms with van der Waals surface area (Å²) in [6.07, 6.45) is 1.45. The van der Waals surface area contributed by atoms with E-state index < -0.39 is 0 Å². The van der Waals surface area contributed by atoms with Crippen molar-refractivity contribution in [1.82, 2.24) is 10.2 Å². The maximum atomic E-state index is 12.8. The Labute approximate surface area is 165 Å². The Hall–Kier alpha value is -3.02. The molecule has 0 aliphatic carbocycles. The molecule has 0 bridgehead atoms. The Morgan fingerprint density at radius 3 is 2.04 bits per heavy atom. The number of nitrogens with zero attached hydrogens (tertiary/aromatic N) is 1. The molecule has 1 aliphatic rings. The minimum Gasteiger partial charge on any atom is -0.497 e. The van der Waals surface area contributed by atoms with Crippen LogP contribution in [0.5, 0.6) is 11.5 Å². The van der Waals surface area contributed by atoms with Crippen LogP contribution in [0.2, 0.25) is 0 Å². The zero-order chi connectivity index (χ0) is 20.1. The van der Waals surface area contributed by atoms with Crippen molar-refractivity contribution in [2.75, 3.05) is 27.3 Å². The maximum absolute atomic E-state index is 12.8. The summed E-state index contributed by atoms with van der Waals surface area (Å²) in [5, 5.41) is 3.07. The van der Waals surface area contributed by atoms with Crippen molar-refractivity contribution >= 4 is 11.8 Å². The fraction of sp³-hybridized carbons (Fsp3) is 0.364. The van der Waals surface area contributed by atoms with E-state index in [9.17, 15) is 9.59 Å². The minimum absolute atomic E-state index is 0.0551. The number of piperidine rings is 1. The Morgan fingerprint density at radius 2 is 1.50 bits per heavy atom. The van der Waals surface area contributed by atoms with Crippen molar-refractivity contribution in [2.24, 2.45) is 0 Å². The first-order valence-corrected chi connectivity index (χ1v) is 9.40. The summed E-state index contributed by atoms with van der Waals surface area (Å²) in [6, 6.07) is 12.8. The number of carbonyl (C=O) groups excluding carboxylic acids is 2. The molecule has 6 heteroatoms. The van der Waals surface area contributed by atoms with Gasteiger partial charge in [0.25, 0.3) is 11.8 Å². The second kappa shape index (κ2) is 8.78. The summed E-state index contributed by atoms with van der Waals surface area (Å²) in [4.78, 5) is 27.0. The lowest BCUT2D eigenvalue weighted by Crippen LogP contribution is -2.46. The predicted octanol–water partition coefficient (Wildman–Crippen LogP) is 3.05. The molecule has 3 rings (SSSR count). The highest BCUT2D eigenvalue weighted by Crippen LogP contribution is 2.24. The third-order valence-corrected chi connectivity index (χ3v) is 5.03. The third-order valence-electron chi connectivity index (χ3n) is 5.03. The number of carbonyl (C=O) groups is 2. The molecule has 6 nitrogen and oxygen atoms in total. The number of hydrogen-bond donors (Lipinski definition) is 1. The van der Waals surface area contributed by atoms with Crippen LogP contribution in [0.1, 0.15) is 39.1 Å². The van der Waals surface area contributed by atoms with Crippen LogP contribution in [0.3, 0.4) is 0 Å². The van der Waals surface area contributed by atoms with Crippen molar-refractivity contribution in [1.29, 1.82) is 0 Å². The molecule has 2 aromatic rings. The fourth-order valence-electron chi connectivity index (χ4n) is 3.31. The largest absolute Gasteiger partial charge is 0.497 e. The average Bonchev–Trinajstić information content (AvgIpc) is 2.73. The van der Waals surface area contributed by atoms with Crippen molar-refractivity contribution in [3.8, 4) is 11.5 Å². The maximum Gasteiger partial charge on any atom is 0.254 e. The molecule has 0 radical (unpaired) electrons. The normalized spacial score (nSPS) is 14.5. The van der Waals surface area contributed by atoms with Gasteiger partial charge in [-0.05, 0) is 44.0 Å². The van der Waals surface area contributed by atoms with Gasteiger partial charge in [0, 0.05) is 36.3 Å². The van der Waals surface area contributed by atoms with Gasteiger partial charge in [-0.25, -0.2) is 0 Å². The molecular weight excluding hydrogens is 356 g/mol. The van der Waals surface area contributed by atoms with Gasteiger partial charge < -0.3 is 19.7 Å². The van der Waals surface area contributed by atoms with Crippen LogP contribution in [0, 0.1) is 6.92 Å². The van der Waals surface area contributed by atoms with Gasteiger partial charge in [0.15, 0.2) is 0 Å². The van der Waals surface area contributed by atoms with E-state index in [0.29, 0.717) is 35.7 Å². The van der Waals surface area contributed by atoms with Crippen LogP contribution in [-0.4, -0.2) is 50.1 Å². The molecule has 0 spiro atoms. The standard InChI is InChI=1S/C22H26N2O4/c1-15-4-6-16(7-5-15)21(25)23-18-8-10-24(11-9-18)22(26)17-12-19(27-2)14-20(13-17)28-3/h4-7,12-14,18H,8-11H2,1-3H3,(H,23,25). The van der Waals surface area contributed by atoms with Gasteiger partial charge in [0.2, 0.25) is 0 Å². The molecule has 0 unspecified atom stereocenters. The van der Waals surface area contributed by atoms with Crippen molar-refractivity contribution in [2.45, 2.75) is 25.8 Å². The van der Waals surface area contributed by atoms with Gasteiger partial charge >= 0.3 is 0 Å². The van der Waals surface area contributed by atoms with E-state index in [2.05, 4.69) is 5.32 Å². The molecule has 1 saturated heterocycles. The summed E-state index contributed by atoms with van der Waals surface area (Å²) in [7, 11) is 3.12. The summed E-state index contributed by atoms with van der Waals surface area (Å²) < 4.78 is 10.5. The first-order chi connectivity index (χ1) is 13.5. The molecule has 148 valence electrons. The Kier molecular flexibility index (Phi) is 6.19. The molecule has 2 aromatic carbocycles. The summed E-state index contributed by atoms with van der Waals surface area (Å²) in [5.74, 6) is 1.05. The van der Waals surface area contributed by atoms with Crippen LogP contribution < -0.4 is 14.8 Å². The predicted molar refractivity (Wildman–Crippen MR) is 107 cm³/mol. The first kappa shape index (κ1) is 19.7. The molecule has 1 aliphatic heterocycles. The highest BCUT2D eigenvalue weighted by atomic mass is 16.5. The van der Waals surface area contributed by atoms with E-state index >= 15 is 0 Å². The number of aryl methyl sites for hydroxylation is 1. The monoisotopic (exact) mass is 382 g/mol. The van der Waals surface area contributed by atoms with Gasteiger partial charge in [0.1, 0.15) is 11.5 Å². The fourth-order valence-corrected chi connectivity index (χ4v) is 3.31. The molecule has 0 saturated carbocycles. The topological polar surface area (TPSA) is 67.9 Å². The van der Waals surface area contributed by atoms with Crippen molar-refractivity contribution in [3.05, 3.63) is 59.2 Å². The van der Waals surface area contributed by atoms with E-state index in [1.54, 1.807) is 32.4 Å². The summed E-state index contributed by atoms with van der Waals surface area (Å²) >= 11 is 0. The lowest BCUT2D eigenvalue weighted by Gasteiger charge is -2.32. The first-order valence-electron chi connectivity index (χ1n) is 9.40. The third kappa shape index (κ3) is 4.63. The number of rotatable bonds is 5. The zero-order valence-electron chi connectivity index (χ0n) is 16.5. The zero-order valence-corrected chi connectivity index (χ0v) is 16.5. The summed E-state index contributed by atoms with van der Waals surface area (Å²) in [6.45, 7) is 3.18. The second-order valence-electron chi connectivity index (χ2n) is 7.01. The molecule has 0 atom stereocenters. The SMILES string of the molecule is COc1cc(OC)cc(C(=O)N2CCC(NC(=O)c3ccc(C)cc3)CC2)c1. The van der Waals surface area contributed by atoms with Crippen LogP contribution >= 0.6 is 0 Å². The Bertz CT molecular complexity index is 818. The molecule has 28 heavy (non-hydrogen) atoms. The van der Waals surface area contributed by atoms with Crippen LogP contribution in [-0.2, 0) is 0 Å². The number of nitrogens with one attached hydrogen (secondary N) is 1. The molecule has 0 aromatic heterocycles. The molecule has 1 N–H and O–H groups in total. The average molecular weight is 382 g/mol. The van der Waals surface area contributed by atoms with E-state index in [-0.39, 0.29) is 17.9 Å². The minimum atomic E-state index is -0.0673. The smallest absolute Gasteiger partial charge is 0.254 e. The summed E-state index contributed by atoms with van der Waals surface area (Å²) in [5.41, 5.74) is 2.32. The highest BCUT2D eigenvalue weighted by Gasteiger charge is 2.25. The molecule has 1 heterocycles. The van der Waals surface area contributed by atoms with E-state index in [1.807, 2.05) is 36.1 Å². The Morgan fingerprint density at radius 1 is 0.929 bits per heavy atom. The number of ether oxygens (including phenoxy) is 2. The lowest BCUT2D eigenvalue weighted by molar-refractivity contribution is 0.0697. The molecule has 1 fully saturated rings. The number of methoxy groups -OCH3 is 2. The Balaban J connectivity index is 1.58. The van der Waals surface area contributed by atoms with Crippen LogP contribution in [0.25, 0.3) is 0 Å². The van der Waals surface area contributed by atoms with Gasteiger partial charge in [-0.3, -0.25) is 9.59 Å². The quantitative estimate of drug-likeness (QED) is 0.863. The van der Waals surface area contributed by atoms with E-state index in [1.165, 1.54) is 0 Å². The molecule has 2 amide bonds. The van der Waals surface area contributed by atoms with Crippen molar-refractivity contribution in [3.63, 3.8) is 0 Å². The van der Waals surface area contributed by atoms with Gasteiger partial charge in [-0.1, -0.05) is 17.7 Å². The van der Waals surface area contributed by atoms with Crippen molar-refractivity contribution < 1.29 is 19.1 Å². The van der Waals surface area contributed by atoms with E-state index in [4.69, 9.17) is 9.47 Å². The molecular formula is C22H26N2O4. The number of benzene rings is 2. The number of hydrogen-bond acceptors (Lipinski definition) is 4. The van der Waals surface area contributed by atoms with Gasteiger partial charge in [-0.2, -0.15) is 0 Å². The highest BCUT2D eigenvalue weighted by molar-refractivity contribution is 5.95. The van der Waals surface area contributed by atoms with Crippen LogP contribution in [0.15, 0.2) is 42.5 Å². The number of amides is 2. The second-order valence-corrected chi connectivity index (χ2v) is 7.01. The van der Waals surface area contributed by atoms with E-state index in [0.717, 1.165) is 18.4 Å².